The number of allylic oxidation sites excluding steroid dienone is 21. The number of carbonyl (C=O) groups excluding carboxylic acids is 1. The highest BCUT2D eigenvalue weighted by Crippen LogP contribution is 2.43. The minimum absolute atomic E-state index is 0.0540. The van der Waals surface area contributed by atoms with Gasteiger partial charge < -0.3 is 19.8 Å². The number of hydrogen-bond donors (Lipinski definition) is 3. The quantitative estimate of drug-likeness (QED) is 0.0243. The minimum atomic E-state index is -4.36. The predicted molar refractivity (Wildman–Crippen MR) is 364 cm³/mol. The highest BCUT2D eigenvalue weighted by atomic mass is 31.2. The van der Waals surface area contributed by atoms with Gasteiger partial charge in [0.25, 0.3) is 0 Å². The molecule has 8 nitrogen and oxygen atoms in total. The second kappa shape index (κ2) is 63.2. The van der Waals surface area contributed by atoms with Gasteiger partial charge in [-0.25, -0.2) is 4.57 Å². The molecule has 0 aliphatic carbocycles. The molecular weight excluding hydrogens is 1040 g/mol. The molecule has 9 heteroatoms. The Morgan fingerprint density at radius 1 is 0.422 bits per heavy atom. The number of aliphatic hydroxyl groups is 1. The second-order valence-corrected chi connectivity index (χ2v) is 25.3. The Kier molecular flexibility index (Phi) is 60.6. The monoisotopic (exact) mass is 1170 g/mol. The van der Waals surface area contributed by atoms with Crippen molar-refractivity contribution in [2.45, 2.75) is 289 Å². The Bertz CT molecular complexity index is 1810. The first kappa shape index (κ1) is 79.6. The second-order valence-electron chi connectivity index (χ2n) is 23.8. The maximum Gasteiger partial charge on any atom is 0.472 e. The Morgan fingerprint density at radius 2 is 0.723 bits per heavy atom. The summed E-state index contributed by atoms with van der Waals surface area (Å²) in [6.07, 6.45) is 95.8. The summed E-state index contributed by atoms with van der Waals surface area (Å²) in [5.41, 5.74) is 0. The number of nitrogens with one attached hydrogen (secondary N) is 1. The standard InChI is InChI=1S/C74H129N2O6P/c1-6-8-10-12-14-16-18-20-22-24-26-28-30-31-32-33-34-35-36-37-38-39-40-41-42-43-44-45-46-48-50-52-54-56-58-60-62-64-66-68-74(78)75-72(71-82-83(79,80)81-70-69-76(3,4)5)73(77)67-65-63-61-59-57-55-53-51-49-47-29-27-25-23-21-19-17-15-13-11-9-7-2/h8,10,14,16,20,22,26,28,31-32,34-35,37-38,40-41,43-44,46,48,65,67,72-73,77H,6-7,9,11-13,15,17-19,21,23-25,27,29-30,33,36,39,42,45,47,49-64,66,68-71H2,1-5H3,(H-,75,78,79,80)/p+1/b10-8-,16-14-,22-20-,28-26-,32-31-,35-34-,38-37-,41-40-,44-43-,48-46-,67-65+. The smallest absolute Gasteiger partial charge is 0.387 e. The zero-order chi connectivity index (χ0) is 60.5. The third kappa shape index (κ3) is 66.0. The van der Waals surface area contributed by atoms with Crippen molar-refractivity contribution in [1.29, 1.82) is 0 Å². The molecule has 0 aliphatic rings. The summed E-state index contributed by atoms with van der Waals surface area (Å²) < 4.78 is 23.8. The van der Waals surface area contributed by atoms with E-state index in [1.54, 1.807) is 6.08 Å². The Balaban J connectivity index is 4.16. The fourth-order valence-corrected chi connectivity index (χ4v) is 10.1. The van der Waals surface area contributed by atoms with E-state index in [9.17, 15) is 19.4 Å². The molecule has 83 heavy (non-hydrogen) atoms. The summed E-state index contributed by atoms with van der Waals surface area (Å²) >= 11 is 0. The van der Waals surface area contributed by atoms with E-state index >= 15 is 0 Å². The molecule has 0 radical (unpaired) electrons. The number of carbonyl (C=O) groups is 1. The van der Waals surface area contributed by atoms with Crippen LogP contribution in [0.5, 0.6) is 0 Å². The van der Waals surface area contributed by atoms with Crippen LogP contribution in [-0.2, 0) is 18.4 Å². The lowest BCUT2D eigenvalue weighted by Gasteiger charge is -2.25. The number of phosphoric acid groups is 1. The SMILES string of the molecule is CC/C=C\C/C=C\C/C=C\C/C=C\C/C=C\C/C=C\C/C=C\C/C=C\C/C=C\C/C=C\CCCCCCCCCCC(=O)NC(COP(=O)(O)OCC[N+](C)(C)C)C(O)/C=C/CCCCCCCCCCCCCCCCCCCCCC. The lowest BCUT2D eigenvalue weighted by molar-refractivity contribution is -0.870. The molecule has 0 aromatic rings. The van der Waals surface area contributed by atoms with Crippen LogP contribution in [0.2, 0.25) is 0 Å². The predicted octanol–water partition coefficient (Wildman–Crippen LogP) is 21.8. The van der Waals surface area contributed by atoms with Crippen molar-refractivity contribution in [1.82, 2.24) is 5.32 Å². The van der Waals surface area contributed by atoms with Crippen molar-refractivity contribution in [3.8, 4) is 0 Å². The van der Waals surface area contributed by atoms with E-state index < -0.39 is 20.0 Å². The van der Waals surface area contributed by atoms with Gasteiger partial charge >= 0.3 is 7.82 Å². The molecule has 1 amide bonds. The summed E-state index contributed by atoms with van der Waals surface area (Å²) in [6.45, 7) is 4.71. The van der Waals surface area contributed by atoms with Gasteiger partial charge in [-0.2, -0.15) is 0 Å². The van der Waals surface area contributed by atoms with Crippen LogP contribution in [0, 0.1) is 0 Å². The van der Waals surface area contributed by atoms with Crippen molar-refractivity contribution >= 4 is 13.7 Å². The third-order valence-corrected chi connectivity index (χ3v) is 15.6. The van der Waals surface area contributed by atoms with Gasteiger partial charge in [0, 0.05) is 6.42 Å². The summed E-state index contributed by atoms with van der Waals surface area (Å²) in [7, 11) is 1.56. The van der Waals surface area contributed by atoms with E-state index in [1.807, 2.05) is 27.2 Å². The number of likely N-dealkylation sites (N-methyl/N-ethyl adjacent to an activating group) is 1. The topological polar surface area (TPSA) is 105 Å². The maximum atomic E-state index is 13.0. The van der Waals surface area contributed by atoms with Crippen LogP contribution >= 0.6 is 7.82 Å². The van der Waals surface area contributed by atoms with Gasteiger partial charge in [-0.3, -0.25) is 13.8 Å². The van der Waals surface area contributed by atoms with E-state index in [0.29, 0.717) is 17.4 Å². The van der Waals surface area contributed by atoms with Gasteiger partial charge in [-0.15, -0.1) is 0 Å². The zero-order valence-corrected chi connectivity index (χ0v) is 55.3. The first-order valence-corrected chi connectivity index (χ1v) is 35.6. The Morgan fingerprint density at radius 3 is 1.06 bits per heavy atom. The molecule has 0 saturated carbocycles. The first-order valence-electron chi connectivity index (χ1n) is 34.1. The van der Waals surface area contributed by atoms with Crippen LogP contribution in [0.4, 0.5) is 0 Å². The van der Waals surface area contributed by atoms with Crippen LogP contribution < -0.4 is 5.32 Å². The highest BCUT2D eigenvalue weighted by Gasteiger charge is 2.28. The third-order valence-electron chi connectivity index (χ3n) is 14.6. The van der Waals surface area contributed by atoms with E-state index in [4.69, 9.17) is 9.05 Å². The molecule has 3 unspecified atom stereocenters. The van der Waals surface area contributed by atoms with E-state index in [0.717, 1.165) is 116 Å². The van der Waals surface area contributed by atoms with Gasteiger partial charge in [0.05, 0.1) is 39.9 Å². The summed E-state index contributed by atoms with van der Waals surface area (Å²) in [5, 5.41) is 14.0. The molecule has 3 atom stereocenters. The number of nitrogens with zero attached hydrogens (tertiary/aromatic N) is 1. The van der Waals surface area contributed by atoms with Crippen molar-refractivity contribution < 1.29 is 32.9 Å². The van der Waals surface area contributed by atoms with Gasteiger partial charge in [0.15, 0.2) is 0 Å². The van der Waals surface area contributed by atoms with Gasteiger partial charge in [0.1, 0.15) is 13.2 Å². The number of amides is 1. The molecule has 0 saturated heterocycles. The number of unbranched alkanes of at least 4 members (excludes halogenated alkanes) is 28. The van der Waals surface area contributed by atoms with E-state index in [2.05, 4.69) is 141 Å². The number of aliphatic hydroxyl groups excluding tert-OH is 1. The number of phosphoric ester groups is 1. The van der Waals surface area contributed by atoms with Crippen LogP contribution in [0.3, 0.4) is 0 Å². The number of hydrogen-bond acceptors (Lipinski definition) is 5. The average Bonchev–Trinajstić information content (AvgIpc) is 3.50. The molecule has 0 heterocycles. The largest absolute Gasteiger partial charge is 0.472 e. The maximum absolute atomic E-state index is 13.0. The Hall–Kier alpha value is -3.36. The summed E-state index contributed by atoms with van der Waals surface area (Å²) in [6, 6.07) is -0.862. The highest BCUT2D eigenvalue weighted by molar-refractivity contribution is 7.47. The van der Waals surface area contributed by atoms with E-state index in [-0.39, 0.29) is 19.1 Å². The van der Waals surface area contributed by atoms with Gasteiger partial charge in [-0.05, 0) is 96.3 Å². The lowest BCUT2D eigenvalue weighted by atomic mass is 10.0. The van der Waals surface area contributed by atoms with Crippen molar-refractivity contribution in [3.63, 3.8) is 0 Å². The zero-order valence-electron chi connectivity index (χ0n) is 54.4. The lowest BCUT2D eigenvalue weighted by Crippen LogP contribution is -2.45. The van der Waals surface area contributed by atoms with Crippen molar-refractivity contribution in [2.24, 2.45) is 0 Å². The molecular formula is C74H130N2O6P+. The van der Waals surface area contributed by atoms with Gasteiger partial charge in [-0.1, -0.05) is 308 Å². The number of rotatable bonds is 61. The Labute approximate surface area is 513 Å². The van der Waals surface area contributed by atoms with Crippen LogP contribution in [-0.4, -0.2) is 73.4 Å². The molecule has 0 aromatic carbocycles. The minimum Gasteiger partial charge on any atom is -0.387 e. The normalized spacial score (nSPS) is 14.5. The molecule has 0 bridgehead atoms. The molecule has 0 aliphatic heterocycles. The van der Waals surface area contributed by atoms with Crippen LogP contribution in [0.25, 0.3) is 0 Å². The molecule has 0 fully saturated rings. The first-order chi connectivity index (χ1) is 40.5. The number of quaternary nitrogens is 1. The average molecular weight is 1170 g/mol. The molecule has 3 N–H and O–H groups in total. The van der Waals surface area contributed by atoms with Crippen LogP contribution in [0.1, 0.15) is 277 Å². The van der Waals surface area contributed by atoms with E-state index in [1.165, 1.54) is 141 Å². The van der Waals surface area contributed by atoms with Crippen molar-refractivity contribution in [3.05, 3.63) is 134 Å². The van der Waals surface area contributed by atoms with Crippen molar-refractivity contribution in [2.75, 3.05) is 40.9 Å². The fourth-order valence-electron chi connectivity index (χ4n) is 9.37. The summed E-state index contributed by atoms with van der Waals surface area (Å²) in [4.78, 5) is 23.4. The fraction of sp³-hybridized carbons (Fsp3) is 0.689. The van der Waals surface area contributed by atoms with Gasteiger partial charge in [0.2, 0.25) is 5.91 Å². The van der Waals surface area contributed by atoms with Crippen LogP contribution in [0.15, 0.2) is 134 Å². The summed E-state index contributed by atoms with van der Waals surface area (Å²) in [5.74, 6) is -0.188. The molecule has 0 aromatic heterocycles. The molecule has 0 rings (SSSR count). The molecule has 476 valence electrons. The molecule has 0 spiro atoms.